The number of allylic oxidation sites excluding steroid dienone is 2. The van der Waals surface area contributed by atoms with Crippen molar-refractivity contribution in [1.29, 1.82) is 5.26 Å². The first-order valence-electron chi connectivity index (χ1n) is 11.3. The Balaban J connectivity index is 1.80. The Morgan fingerprint density at radius 1 is 1.36 bits per heavy atom. The van der Waals surface area contributed by atoms with Crippen LogP contribution >= 0.6 is 15.9 Å². The Bertz CT molecular complexity index is 1090. The van der Waals surface area contributed by atoms with Gasteiger partial charge in [0, 0.05) is 36.6 Å². The zero-order valence-electron chi connectivity index (χ0n) is 20.2. The van der Waals surface area contributed by atoms with Crippen molar-refractivity contribution in [2.75, 3.05) is 11.9 Å². The van der Waals surface area contributed by atoms with Crippen molar-refractivity contribution in [2.24, 2.45) is 5.41 Å². The van der Waals surface area contributed by atoms with E-state index >= 15 is 0 Å². The van der Waals surface area contributed by atoms with Crippen LogP contribution in [0.5, 0.6) is 0 Å². The Labute approximate surface area is 206 Å². The van der Waals surface area contributed by atoms with Crippen LogP contribution < -0.4 is 5.32 Å². The van der Waals surface area contributed by atoms with Crippen LogP contribution in [0.15, 0.2) is 34.9 Å². The van der Waals surface area contributed by atoms with E-state index < -0.39 is 8.07 Å². The van der Waals surface area contributed by atoms with Gasteiger partial charge in [-0.1, -0.05) is 55.5 Å². The number of anilines is 1. The predicted octanol–water partition coefficient (Wildman–Crippen LogP) is 6.68. The summed E-state index contributed by atoms with van der Waals surface area (Å²) >= 11 is 3.56. The summed E-state index contributed by atoms with van der Waals surface area (Å²) in [7, 11) is -1.21. The molecule has 1 aromatic carbocycles. The van der Waals surface area contributed by atoms with Gasteiger partial charge in [0.2, 0.25) is 5.82 Å². The maximum absolute atomic E-state index is 13.2. The molecular weight excluding hydrogens is 496 g/mol. The van der Waals surface area contributed by atoms with Gasteiger partial charge in [-0.2, -0.15) is 5.26 Å². The molecule has 1 heterocycles. The molecule has 0 aliphatic heterocycles. The molecule has 3 rings (SSSR count). The molecule has 1 aliphatic carbocycles. The van der Waals surface area contributed by atoms with E-state index in [0.29, 0.717) is 12.0 Å². The SMILES string of the molecule is CC1(C)CC=C(c2cc(Br)ccc2NC(=O)c2nc(C#N)cn2COCC[Si](C)(C)C)CC1. The van der Waals surface area contributed by atoms with Gasteiger partial charge in [0.05, 0.1) is 0 Å². The minimum atomic E-state index is -1.21. The highest BCUT2D eigenvalue weighted by Gasteiger charge is 2.24. The van der Waals surface area contributed by atoms with Gasteiger partial charge < -0.3 is 14.6 Å². The minimum Gasteiger partial charge on any atom is -0.361 e. The van der Waals surface area contributed by atoms with E-state index in [1.54, 1.807) is 10.8 Å². The Morgan fingerprint density at radius 3 is 2.76 bits per heavy atom. The lowest BCUT2D eigenvalue weighted by atomic mass is 9.77. The number of carbonyl (C=O) groups excluding carboxylic acids is 1. The third-order valence-electron chi connectivity index (χ3n) is 5.87. The van der Waals surface area contributed by atoms with Crippen molar-refractivity contribution in [2.45, 2.75) is 65.5 Å². The molecule has 8 heteroatoms. The fourth-order valence-electron chi connectivity index (χ4n) is 3.68. The molecule has 33 heavy (non-hydrogen) atoms. The molecule has 0 unspecified atom stereocenters. The number of carbonyl (C=O) groups is 1. The lowest BCUT2D eigenvalue weighted by Crippen LogP contribution is -2.23. The molecule has 2 aromatic rings. The highest BCUT2D eigenvalue weighted by molar-refractivity contribution is 9.10. The monoisotopic (exact) mass is 528 g/mol. The first-order chi connectivity index (χ1) is 15.5. The smallest absolute Gasteiger partial charge is 0.291 e. The lowest BCUT2D eigenvalue weighted by Gasteiger charge is -2.29. The van der Waals surface area contributed by atoms with Crippen LogP contribution in [0.25, 0.3) is 5.57 Å². The van der Waals surface area contributed by atoms with Gasteiger partial charge in [-0.3, -0.25) is 4.79 Å². The Hall–Kier alpha value is -2.21. The van der Waals surface area contributed by atoms with Crippen LogP contribution in [0, 0.1) is 16.7 Å². The standard InChI is InChI=1S/C25H33BrN4O2Si/c1-25(2)10-8-18(9-11-25)21-14-19(26)6-7-22(21)29-24(31)23-28-20(15-27)16-30(23)17-32-12-13-33(3,4)5/h6-8,14,16H,9-13,17H2,1-5H3,(H,29,31). The van der Waals surface area contributed by atoms with Crippen LogP contribution in [-0.4, -0.2) is 30.1 Å². The number of imidazole rings is 1. The molecule has 0 saturated carbocycles. The number of halogens is 1. The quantitative estimate of drug-likeness (QED) is 0.306. The van der Waals surface area contributed by atoms with Crippen LogP contribution in [0.1, 0.15) is 55.0 Å². The third kappa shape index (κ3) is 7.13. The summed E-state index contributed by atoms with van der Waals surface area (Å²) in [6.07, 6.45) is 6.92. The number of ether oxygens (including phenoxy) is 1. The molecule has 0 fully saturated rings. The van der Waals surface area contributed by atoms with Crippen molar-refractivity contribution in [3.8, 4) is 6.07 Å². The van der Waals surface area contributed by atoms with E-state index in [-0.39, 0.29) is 24.2 Å². The van der Waals surface area contributed by atoms with Crippen molar-refractivity contribution in [3.05, 3.63) is 52.0 Å². The van der Waals surface area contributed by atoms with Gasteiger partial charge in [-0.25, -0.2) is 4.98 Å². The number of hydrogen-bond acceptors (Lipinski definition) is 4. The molecule has 0 radical (unpaired) electrons. The second-order valence-electron chi connectivity index (χ2n) is 10.6. The molecule has 6 nitrogen and oxygen atoms in total. The number of rotatable bonds is 8. The first-order valence-corrected chi connectivity index (χ1v) is 15.8. The first kappa shape index (κ1) is 25.4. The summed E-state index contributed by atoms with van der Waals surface area (Å²) in [6.45, 7) is 12.2. The fourth-order valence-corrected chi connectivity index (χ4v) is 4.80. The summed E-state index contributed by atoms with van der Waals surface area (Å²) in [5.74, 6) is -0.183. The number of amides is 1. The summed E-state index contributed by atoms with van der Waals surface area (Å²) in [4.78, 5) is 17.4. The van der Waals surface area contributed by atoms with E-state index in [4.69, 9.17) is 4.74 Å². The summed E-state index contributed by atoms with van der Waals surface area (Å²) < 4.78 is 8.38. The van der Waals surface area contributed by atoms with Crippen molar-refractivity contribution < 1.29 is 9.53 Å². The van der Waals surface area contributed by atoms with Gasteiger partial charge in [-0.05, 0) is 54.5 Å². The molecule has 1 N–H and O–H groups in total. The van der Waals surface area contributed by atoms with Gasteiger partial charge in [-0.15, -0.1) is 0 Å². The molecule has 1 aliphatic rings. The zero-order valence-corrected chi connectivity index (χ0v) is 22.8. The van der Waals surface area contributed by atoms with E-state index in [2.05, 4.69) is 65.8 Å². The number of hydrogen-bond donors (Lipinski definition) is 1. The zero-order chi connectivity index (χ0) is 24.2. The molecule has 1 aromatic heterocycles. The number of nitrogens with zero attached hydrogens (tertiary/aromatic N) is 3. The lowest BCUT2D eigenvalue weighted by molar-refractivity contribution is 0.0808. The van der Waals surface area contributed by atoms with Crippen molar-refractivity contribution in [3.63, 3.8) is 0 Å². The van der Waals surface area contributed by atoms with Gasteiger partial charge in [0.25, 0.3) is 5.91 Å². The molecular formula is C25H33BrN4O2Si. The van der Waals surface area contributed by atoms with Gasteiger partial charge >= 0.3 is 0 Å². The fraction of sp³-hybridized carbons (Fsp3) is 0.480. The highest BCUT2D eigenvalue weighted by atomic mass is 79.9. The predicted molar refractivity (Wildman–Crippen MR) is 139 cm³/mol. The normalized spacial score (nSPS) is 15.6. The number of nitriles is 1. The van der Waals surface area contributed by atoms with E-state index in [1.165, 1.54) is 5.57 Å². The van der Waals surface area contributed by atoms with Crippen LogP contribution in [0.4, 0.5) is 5.69 Å². The molecule has 1 amide bonds. The molecule has 0 atom stereocenters. The number of nitrogens with one attached hydrogen (secondary N) is 1. The van der Waals surface area contributed by atoms with Gasteiger partial charge in [0.15, 0.2) is 5.69 Å². The maximum atomic E-state index is 13.2. The number of aromatic nitrogens is 2. The Morgan fingerprint density at radius 2 is 2.12 bits per heavy atom. The minimum absolute atomic E-state index is 0.173. The van der Waals surface area contributed by atoms with E-state index in [0.717, 1.165) is 41.0 Å². The van der Waals surface area contributed by atoms with Crippen molar-refractivity contribution >= 4 is 41.2 Å². The third-order valence-corrected chi connectivity index (χ3v) is 8.07. The number of benzene rings is 1. The Kier molecular flexibility index (Phi) is 7.99. The molecule has 176 valence electrons. The largest absolute Gasteiger partial charge is 0.361 e. The maximum Gasteiger partial charge on any atom is 0.291 e. The average molecular weight is 530 g/mol. The summed E-state index contributed by atoms with van der Waals surface area (Å²) in [5.41, 5.74) is 3.48. The topological polar surface area (TPSA) is 79.9 Å². The second kappa shape index (κ2) is 10.4. The van der Waals surface area contributed by atoms with E-state index in [9.17, 15) is 10.1 Å². The average Bonchev–Trinajstić information content (AvgIpc) is 3.15. The van der Waals surface area contributed by atoms with Crippen molar-refractivity contribution in [1.82, 2.24) is 9.55 Å². The van der Waals surface area contributed by atoms with Crippen LogP contribution in [0.2, 0.25) is 25.7 Å². The molecule has 0 spiro atoms. The summed E-state index contributed by atoms with van der Waals surface area (Å²) in [6, 6.07) is 8.92. The van der Waals surface area contributed by atoms with Crippen LogP contribution in [-0.2, 0) is 11.5 Å². The molecule has 0 bridgehead atoms. The van der Waals surface area contributed by atoms with Gasteiger partial charge in [0.1, 0.15) is 12.8 Å². The molecule has 0 saturated heterocycles. The summed E-state index contributed by atoms with van der Waals surface area (Å²) in [5, 5.41) is 12.3. The highest BCUT2D eigenvalue weighted by Crippen LogP contribution is 2.40. The van der Waals surface area contributed by atoms with E-state index in [1.807, 2.05) is 24.3 Å². The second-order valence-corrected chi connectivity index (χ2v) is 17.2. The van der Waals surface area contributed by atoms with Crippen LogP contribution in [0.3, 0.4) is 0 Å².